The highest BCUT2D eigenvalue weighted by Gasteiger charge is 2.15. The van der Waals surface area contributed by atoms with Gasteiger partial charge >= 0.3 is 0 Å². The van der Waals surface area contributed by atoms with Crippen LogP contribution in [0, 0.1) is 0 Å². The minimum Gasteiger partial charge on any atom is -0.493 e. The van der Waals surface area contributed by atoms with Crippen LogP contribution in [0.3, 0.4) is 0 Å². The third-order valence-corrected chi connectivity index (χ3v) is 5.91. The monoisotopic (exact) mass is 472 g/mol. The molecule has 0 aromatic heterocycles. The van der Waals surface area contributed by atoms with Crippen molar-refractivity contribution in [3.05, 3.63) is 81.8 Å². The quantitative estimate of drug-likeness (QED) is 0.433. The van der Waals surface area contributed by atoms with Crippen LogP contribution in [0.4, 0.5) is 11.4 Å². The van der Waals surface area contributed by atoms with Crippen LogP contribution in [0.1, 0.15) is 11.1 Å². The summed E-state index contributed by atoms with van der Waals surface area (Å²) < 4.78 is 17.1. The Balaban J connectivity index is 1.45. The van der Waals surface area contributed by atoms with Crippen LogP contribution >= 0.6 is 23.2 Å². The van der Waals surface area contributed by atoms with E-state index in [0.29, 0.717) is 29.7 Å². The first-order valence-corrected chi connectivity index (χ1v) is 11.3. The van der Waals surface area contributed by atoms with Gasteiger partial charge in [0.15, 0.2) is 11.5 Å². The Morgan fingerprint density at radius 1 is 1.00 bits per heavy atom. The molecule has 0 spiro atoms. The van der Waals surface area contributed by atoms with Gasteiger partial charge < -0.3 is 24.4 Å². The van der Waals surface area contributed by atoms with E-state index in [-0.39, 0.29) is 0 Å². The number of hydrogen-bond donors (Lipinski definition) is 1. The molecule has 1 N–H and O–H groups in total. The van der Waals surface area contributed by atoms with E-state index in [0.717, 1.165) is 53.8 Å². The van der Waals surface area contributed by atoms with Gasteiger partial charge in [0.05, 0.1) is 31.0 Å². The lowest BCUT2D eigenvalue weighted by atomic mass is 10.1. The molecule has 1 aliphatic rings. The van der Waals surface area contributed by atoms with Crippen molar-refractivity contribution >= 4 is 34.6 Å². The second-order valence-corrected chi connectivity index (χ2v) is 8.33. The van der Waals surface area contributed by atoms with Gasteiger partial charge in [-0.3, -0.25) is 0 Å². The summed E-state index contributed by atoms with van der Waals surface area (Å²) in [6, 6.07) is 19.6. The standard InChI is InChI=1S/C25H26Cl2N2O3/c1-30-24-4-2-3-19(25(24)32-17-18-5-7-20(26)8-6-18)16-28-21-9-10-23(22(27)15-21)29-11-13-31-14-12-29/h2-10,15,28H,11-14,16-17H2,1H3. The number of nitrogens with zero attached hydrogens (tertiary/aromatic N) is 1. The van der Waals surface area contributed by atoms with Crippen LogP contribution in [0.2, 0.25) is 10.0 Å². The first-order valence-electron chi connectivity index (χ1n) is 10.5. The van der Waals surface area contributed by atoms with E-state index in [9.17, 15) is 0 Å². The van der Waals surface area contributed by atoms with Crippen LogP contribution in [-0.4, -0.2) is 33.4 Å². The van der Waals surface area contributed by atoms with E-state index >= 15 is 0 Å². The fourth-order valence-corrected chi connectivity index (χ4v) is 4.06. The number of ether oxygens (including phenoxy) is 3. The summed E-state index contributed by atoms with van der Waals surface area (Å²) in [6.07, 6.45) is 0. The Bertz CT molecular complexity index is 1040. The number of anilines is 2. The second-order valence-electron chi connectivity index (χ2n) is 7.48. The number of nitrogens with one attached hydrogen (secondary N) is 1. The van der Waals surface area contributed by atoms with Crippen LogP contribution in [-0.2, 0) is 17.9 Å². The summed E-state index contributed by atoms with van der Waals surface area (Å²) >= 11 is 12.6. The van der Waals surface area contributed by atoms with Crippen molar-refractivity contribution in [3.63, 3.8) is 0 Å². The van der Waals surface area contributed by atoms with Crippen molar-refractivity contribution in [2.24, 2.45) is 0 Å². The zero-order chi connectivity index (χ0) is 22.3. The highest BCUT2D eigenvalue weighted by Crippen LogP contribution is 2.34. The summed E-state index contributed by atoms with van der Waals surface area (Å²) in [5, 5.41) is 4.88. The van der Waals surface area contributed by atoms with Gasteiger partial charge in [-0.15, -0.1) is 0 Å². The van der Waals surface area contributed by atoms with E-state index in [2.05, 4.69) is 16.3 Å². The molecule has 0 amide bonds. The van der Waals surface area contributed by atoms with Gasteiger partial charge in [-0.2, -0.15) is 0 Å². The molecule has 3 aromatic carbocycles. The van der Waals surface area contributed by atoms with E-state index < -0.39 is 0 Å². The third kappa shape index (κ3) is 5.60. The number of rotatable bonds is 8. The summed E-state index contributed by atoms with van der Waals surface area (Å²) in [7, 11) is 1.64. The summed E-state index contributed by atoms with van der Waals surface area (Å²) in [5.74, 6) is 1.41. The third-order valence-electron chi connectivity index (χ3n) is 5.36. The molecule has 3 aromatic rings. The lowest BCUT2D eigenvalue weighted by molar-refractivity contribution is 0.122. The van der Waals surface area contributed by atoms with Gasteiger partial charge in [0.2, 0.25) is 0 Å². The van der Waals surface area contributed by atoms with Crippen LogP contribution in [0.5, 0.6) is 11.5 Å². The minimum atomic E-state index is 0.421. The molecule has 168 valence electrons. The predicted molar refractivity (Wildman–Crippen MR) is 131 cm³/mol. The highest BCUT2D eigenvalue weighted by molar-refractivity contribution is 6.33. The van der Waals surface area contributed by atoms with Gasteiger partial charge in [0.1, 0.15) is 6.61 Å². The van der Waals surface area contributed by atoms with Crippen LogP contribution in [0.25, 0.3) is 0 Å². The van der Waals surface area contributed by atoms with Crippen molar-refractivity contribution in [2.75, 3.05) is 43.6 Å². The smallest absolute Gasteiger partial charge is 0.166 e. The average molecular weight is 473 g/mol. The maximum absolute atomic E-state index is 6.58. The summed E-state index contributed by atoms with van der Waals surface area (Å²) in [6.45, 7) is 4.15. The Morgan fingerprint density at radius 2 is 1.78 bits per heavy atom. The SMILES string of the molecule is COc1cccc(CNc2ccc(N3CCOCC3)c(Cl)c2)c1OCc1ccc(Cl)cc1. The molecule has 1 fully saturated rings. The average Bonchev–Trinajstić information content (AvgIpc) is 2.83. The molecule has 1 saturated heterocycles. The fourth-order valence-electron chi connectivity index (χ4n) is 3.64. The molecule has 5 nitrogen and oxygen atoms in total. The van der Waals surface area contributed by atoms with Crippen molar-refractivity contribution in [3.8, 4) is 11.5 Å². The van der Waals surface area contributed by atoms with E-state index in [1.54, 1.807) is 7.11 Å². The number of methoxy groups -OCH3 is 1. The molecule has 0 aliphatic carbocycles. The van der Waals surface area contributed by atoms with Crippen molar-refractivity contribution in [1.29, 1.82) is 0 Å². The zero-order valence-electron chi connectivity index (χ0n) is 17.9. The molecule has 0 saturated carbocycles. The first kappa shape index (κ1) is 22.6. The van der Waals surface area contributed by atoms with Crippen molar-refractivity contribution in [1.82, 2.24) is 0 Å². The molecule has 1 heterocycles. The molecular formula is C25H26Cl2N2O3. The van der Waals surface area contributed by atoms with Gasteiger partial charge in [-0.25, -0.2) is 0 Å². The van der Waals surface area contributed by atoms with Crippen LogP contribution in [0.15, 0.2) is 60.7 Å². The molecular weight excluding hydrogens is 447 g/mol. The predicted octanol–water partition coefficient (Wildman–Crippen LogP) is 6.03. The Kier molecular flexibility index (Phi) is 7.63. The van der Waals surface area contributed by atoms with Gasteiger partial charge in [-0.1, -0.05) is 47.5 Å². The highest BCUT2D eigenvalue weighted by atomic mass is 35.5. The molecule has 1 aliphatic heterocycles. The van der Waals surface area contributed by atoms with E-state index in [4.69, 9.17) is 37.4 Å². The van der Waals surface area contributed by atoms with Crippen LogP contribution < -0.4 is 19.7 Å². The lowest BCUT2D eigenvalue weighted by Gasteiger charge is -2.29. The number of hydrogen-bond acceptors (Lipinski definition) is 5. The number of benzene rings is 3. The maximum atomic E-state index is 6.58. The number of halogens is 2. The van der Waals surface area contributed by atoms with Crippen molar-refractivity contribution < 1.29 is 14.2 Å². The zero-order valence-corrected chi connectivity index (χ0v) is 19.5. The second kappa shape index (κ2) is 10.8. The fraction of sp³-hybridized carbons (Fsp3) is 0.280. The molecule has 4 rings (SSSR count). The number of morpholine rings is 1. The summed E-state index contributed by atoms with van der Waals surface area (Å²) in [4.78, 5) is 2.25. The maximum Gasteiger partial charge on any atom is 0.166 e. The van der Waals surface area contributed by atoms with E-state index in [1.165, 1.54) is 0 Å². The Morgan fingerprint density at radius 3 is 2.50 bits per heavy atom. The molecule has 0 atom stereocenters. The molecule has 0 radical (unpaired) electrons. The van der Waals surface area contributed by atoms with E-state index in [1.807, 2.05) is 54.6 Å². The normalized spacial score (nSPS) is 13.7. The van der Waals surface area contributed by atoms with Gasteiger partial charge in [0.25, 0.3) is 0 Å². The van der Waals surface area contributed by atoms with Crippen molar-refractivity contribution in [2.45, 2.75) is 13.2 Å². The molecule has 0 unspecified atom stereocenters. The first-order chi connectivity index (χ1) is 15.6. The molecule has 32 heavy (non-hydrogen) atoms. The Hall–Kier alpha value is -2.60. The molecule has 7 heteroatoms. The minimum absolute atomic E-state index is 0.421. The summed E-state index contributed by atoms with van der Waals surface area (Å²) in [5.41, 5.74) is 4.00. The van der Waals surface area contributed by atoms with Gasteiger partial charge in [-0.05, 0) is 42.0 Å². The largest absolute Gasteiger partial charge is 0.493 e. The van der Waals surface area contributed by atoms with Gasteiger partial charge in [0, 0.05) is 35.9 Å². The Labute approximate surface area is 198 Å². The topological polar surface area (TPSA) is 43.0 Å². The lowest BCUT2D eigenvalue weighted by Crippen LogP contribution is -2.36. The molecule has 0 bridgehead atoms. The number of para-hydroxylation sites is 1.